The second-order valence-electron chi connectivity index (χ2n) is 5.92. The Morgan fingerprint density at radius 2 is 1.84 bits per heavy atom. The first-order valence-corrected chi connectivity index (χ1v) is 8.18. The lowest BCUT2D eigenvalue weighted by Gasteiger charge is -2.36. The van der Waals surface area contributed by atoms with E-state index in [1.165, 1.54) is 12.1 Å². The molecule has 1 aliphatic rings. The van der Waals surface area contributed by atoms with Gasteiger partial charge in [-0.1, -0.05) is 18.2 Å². The van der Waals surface area contributed by atoms with Crippen LogP contribution in [0.5, 0.6) is 0 Å². The summed E-state index contributed by atoms with van der Waals surface area (Å²) in [6, 6.07) is 15.6. The first-order chi connectivity index (χ1) is 12.2. The molecule has 6 heteroatoms. The molecule has 2 aromatic rings. The first kappa shape index (κ1) is 16.8. The lowest BCUT2D eigenvalue weighted by atomic mass is 10.2. The average Bonchev–Trinajstić information content (AvgIpc) is 2.67. The van der Waals surface area contributed by atoms with Gasteiger partial charge in [-0.05, 0) is 35.9 Å². The summed E-state index contributed by atoms with van der Waals surface area (Å²) in [5, 5.41) is 11.9. The van der Waals surface area contributed by atoms with Gasteiger partial charge in [0.1, 0.15) is 5.82 Å². The van der Waals surface area contributed by atoms with E-state index in [4.69, 9.17) is 5.26 Å². The van der Waals surface area contributed by atoms with Gasteiger partial charge in [0.15, 0.2) is 0 Å². The number of anilines is 1. The normalized spacial score (nSPS) is 14.1. The molecule has 5 nitrogen and oxygen atoms in total. The van der Waals surface area contributed by atoms with Gasteiger partial charge >= 0.3 is 6.03 Å². The van der Waals surface area contributed by atoms with Crippen LogP contribution in [-0.2, 0) is 6.54 Å². The SMILES string of the molecule is N#Cc1cccc(N2CCN(C(=O)NCc3ccc(F)cc3)CC2)c1. The molecule has 0 saturated carbocycles. The van der Waals surface area contributed by atoms with Gasteiger partial charge in [-0.15, -0.1) is 0 Å². The maximum atomic E-state index is 12.9. The number of hydrogen-bond donors (Lipinski definition) is 1. The number of halogens is 1. The molecule has 1 aliphatic heterocycles. The number of piperazine rings is 1. The highest BCUT2D eigenvalue weighted by Crippen LogP contribution is 2.18. The average molecular weight is 338 g/mol. The maximum Gasteiger partial charge on any atom is 0.317 e. The van der Waals surface area contributed by atoms with Crippen molar-refractivity contribution < 1.29 is 9.18 Å². The molecule has 2 aromatic carbocycles. The van der Waals surface area contributed by atoms with Crippen molar-refractivity contribution in [2.75, 3.05) is 31.1 Å². The minimum Gasteiger partial charge on any atom is -0.368 e. The standard InChI is InChI=1S/C19H19FN4O/c20-17-6-4-15(5-7-17)14-22-19(25)24-10-8-23(9-11-24)18-3-1-2-16(12-18)13-21/h1-7,12H,8-11,14H2,(H,22,25). The summed E-state index contributed by atoms with van der Waals surface area (Å²) in [6.45, 7) is 3.05. The Labute approximate surface area is 146 Å². The van der Waals surface area contributed by atoms with Crippen molar-refractivity contribution in [3.63, 3.8) is 0 Å². The molecule has 0 unspecified atom stereocenters. The van der Waals surface area contributed by atoms with Crippen LogP contribution in [0.3, 0.4) is 0 Å². The molecule has 0 atom stereocenters. The van der Waals surface area contributed by atoms with Crippen LogP contribution >= 0.6 is 0 Å². The molecule has 2 amide bonds. The number of nitrogens with one attached hydrogen (secondary N) is 1. The maximum absolute atomic E-state index is 12.9. The van der Waals surface area contributed by atoms with Crippen molar-refractivity contribution in [1.29, 1.82) is 5.26 Å². The number of carbonyl (C=O) groups is 1. The van der Waals surface area contributed by atoms with Crippen LogP contribution in [0.25, 0.3) is 0 Å². The zero-order valence-electron chi connectivity index (χ0n) is 13.8. The molecular weight excluding hydrogens is 319 g/mol. The van der Waals surface area contributed by atoms with Gasteiger partial charge in [-0.2, -0.15) is 5.26 Å². The van der Waals surface area contributed by atoms with Gasteiger partial charge in [-0.3, -0.25) is 0 Å². The fourth-order valence-electron chi connectivity index (χ4n) is 2.83. The molecule has 0 radical (unpaired) electrons. The molecule has 1 fully saturated rings. The zero-order chi connectivity index (χ0) is 17.6. The van der Waals surface area contributed by atoms with Crippen LogP contribution in [0.4, 0.5) is 14.9 Å². The van der Waals surface area contributed by atoms with Crippen LogP contribution < -0.4 is 10.2 Å². The van der Waals surface area contributed by atoms with E-state index in [1.54, 1.807) is 23.1 Å². The van der Waals surface area contributed by atoms with Gasteiger partial charge in [-0.25, -0.2) is 9.18 Å². The van der Waals surface area contributed by atoms with Gasteiger partial charge in [0.25, 0.3) is 0 Å². The Morgan fingerprint density at radius 1 is 1.12 bits per heavy atom. The van der Waals surface area contributed by atoms with Crippen molar-refractivity contribution in [3.8, 4) is 6.07 Å². The molecule has 128 valence electrons. The highest BCUT2D eigenvalue weighted by molar-refractivity contribution is 5.74. The summed E-state index contributed by atoms with van der Waals surface area (Å²) in [7, 11) is 0. The predicted molar refractivity (Wildman–Crippen MR) is 93.6 cm³/mol. The molecule has 1 saturated heterocycles. The van der Waals surface area contributed by atoms with Crippen LogP contribution in [0.1, 0.15) is 11.1 Å². The monoisotopic (exact) mass is 338 g/mol. The van der Waals surface area contributed by atoms with Crippen molar-refractivity contribution in [2.45, 2.75) is 6.54 Å². The van der Waals surface area contributed by atoms with Crippen LogP contribution in [0.15, 0.2) is 48.5 Å². The van der Waals surface area contributed by atoms with Gasteiger partial charge in [0.2, 0.25) is 0 Å². The molecule has 0 aromatic heterocycles. The predicted octanol–water partition coefficient (Wildman–Crippen LogP) is 2.73. The minimum atomic E-state index is -0.285. The van der Waals surface area contributed by atoms with E-state index >= 15 is 0 Å². The molecule has 0 spiro atoms. The molecule has 1 heterocycles. The number of nitrogens with zero attached hydrogens (tertiary/aromatic N) is 3. The summed E-state index contributed by atoms with van der Waals surface area (Å²) in [6.07, 6.45) is 0. The summed E-state index contributed by atoms with van der Waals surface area (Å²) < 4.78 is 12.9. The van der Waals surface area contributed by atoms with E-state index in [9.17, 15) is 9.18 Å². The van der Waals surface area contributed by atoms with Crippen molar-refractivity contribution in [2.24, 2.45) is 0 Å². The fourth-order valence-corrected chi connectivity index (χ4v) is 2.83. The van der Waals surface area contributed by atoms with E-state index in [2.05, 4.69) is 16.3 Å². The highest BCUT2D eigenvalue weighted by atomic mass is 19.1. The summed E-state index contributed by atoms with van der Waals surface area (Å²) in [5.74, 6) is -0.285. The van der Waals surface area contributed by atoms with Crippen molar-refractivity contribution >= 4 is 11.7 Å². The number of nitriles is 1. The molecule has 3 rings (SSSR count). The van der Waals surface area contributed by atoms with E-state index < -0.39 is 0 Å². The lowest BCUT2D eigenvalue weighted by Crippen LogP contribution is -2.51. The fraction of sp³-hybridized carbons (Fsp3) is 0.263. The second-order valence-corrected chi connectivity index (χ2v) is 5.92. The number of amides is 2. The quantitative estimate of drug-likeness (QED) is 0.936. The van der Waals surface area contributed by atoms with Gasteiger partial charge in [0.05, 0.1) is 11.6 Å². The lowest BCUT2D eigenvalue weighted by molar-refractivity contribution is 0.194. The summed E-state index contributed by atoms with van der Waals surface area (Å²) >= 11 is 0. The largest absolute Gasteiger partial charge is 0.368 e. The van der Waals surface area contributed by atoms with E-state index in [0.29, 0.717) is 25.2 Å². The number of hydrogen-bond acceptors (Lipinski definition) is 3. The van der Waals surface area contributed by atoms with E-state index in [-0.39, 0.29) is 11.8 Å². The summed E-state index contributed by atoms with van der Waals surface area (Å²) in [4.78, 5) is 16.2. The number of benzene rings is 2. The number of rotatable bonds is 3. The Morgan fingerprint density at radius 3 is 2.52 bits per heavy atom. The Balaban J connectivity index is 1.50. The molecule has 25 heavy (non-hydrogen) atoms. The van der Waals surface area contributed by atoms with Crippen molar-refractivity contribution in [3.05, 3.63) is 65.5 Å². The Hall–Kier alpha value is -3.07. The first-order valence-electron chi connectivity index (χ1n) is 8.18. The Kier molecular flexibility index (Phi) is 5.14. The van der Waals surface area contributed by atoms with Gasteiger partial charge < -0.3 is 15.1 Å². The highest BCUT2D eigenvalue weighted by Gasteiger charge is 2.21. The smallest absolute Gasteiger partial charge is 0.317 e. The zero-order valence-corrected chi connectivity index (χ0v) is 13.8. The molecular formula is C19H19FN4O. The number of carbonyl (C=O) groups excluding carboxylic acids is 1. The third-order valence-electron chi connectivity index (χ3n) is 4.26. The van der Waals surface area contributed by atoms with Crippen LogP contribution in [-0.4, -0.2) is 37.1 Å². The minimum absolute atomic E-state index is 0.116. The summed E-state index contributed by atoms with van der Waals surface area (Å²) in [5.41, 5.74) is 2.50. The molecule has 0 bridgehead atoms. The number of urea groups is 1. The van der Waals surface area contributed by atoms with Gasteiger partial charge in [0, 0.05) is 38.4 Å². The van der Waals surface area contributed by atoms with Crippen molar-refractivity contribution in [1.82, 2.24) is 10.2 Å². The second kappa shape index (κ2) is 7.67. The van der Waals surface area contributed by atoms with E-state index in [1.807, 2.05) is 18.2 Å². The molecule has 1 N–H and O–H groups in total. The molecule has 0 aliphatic carbocycles. The topological polar surface area (TPSA) is 59.4 Å². The van der Waals surface area contributed by atoms with Crippen LogP contribution in [0.2, 0.25) is 0 Å². The Bertz CT molecular complexity index is 777. The third kappa shape index (κ3) is 4.27. The van der Waals surface area contributed by atoms with E-state index in [0.717, 1.165) is 24.3 Å². The third-order valence-corrected chi connectivity index (χ3v) is 4.26. The van der Waals surface area contributed by atoms with Crippen LogP contribution in [0, 0.1) is 17.1 Å².